The van der Waals surface area contributed by atoms with Gasteiger partial charge in [0.15, 0.2) is 0 Å². The predicted molar refractivity (Wildman–Crippen MR) is 48.4 cm³/mol. The minimum atomic E-state index is -0.175. The molecule has 1 aromatic rings. The quantitative estimate of drug-likeness (QED) is 0.675. The fourth-order valence-corrected chi connectivity index (χ4v) is 1.04. The van der Waals surface area contributed by atoms with Crippen molar-refractivity contribution in [3.63, 3.8) is 0 Å². The Hall–Kier alpha value is -1.52. The van der Waals surface area contributed by atoms with Gasteiger partial charge < -0.3 is 9.88 Å². The van der Waals surface area contributed by atoms with E-state index < -0.39 is 0 Å². The maximum Gasteiger partial charge on any atom is 0.328 e. The number of nitrogens with zero attached hydrogens (tertiary/aromatic N) is 2. The van der Waals surface area contributed by atoms with Crippen molar-refractivity contribution in [3.05, 3.63) is 22.9 Å². The maximum atomic E-state index is 11.3. The van der Waals surface area contributed by atoms with Crippen molar-refractivity contribution in [1.29, 1.82) is 0 Å². The molecule has 0 fully saturated rings. The van der Waals surface area contributed by atoms with Gasteiger partial charge in [-0.15, -0.1) is 0 Å². The van der Waals surface area contributed by atoms with Gasteiger partial charge in [0.1, 0.15) is 6.54 Å². The summed E-state index contributed by atoms with van der Waals surface area (Å²) in [7, 11) is 1.65. The Morgan fingerprint density at radius 1 is 1.54 bits per heavy atom. The zero-order valence-corrected chi connectivity index (χ0v) is 7.78. The zero-order valence-electron chi connectivity index (χ0n) is 7.78. The Morgan fingerprint density at radius 2 is 2.23 bits per heavy atom. The number of hydrogen-bond acceptors (Lipinski definition) is 2. The minimum absolute atomic E-state index is 0.0908. The van der Waals surface area contributed by atoms with Crippen molar-refractivity contribution in [2.45, 2.75) is 13.5 Å². The molecule has 13 heavy (non-hydrogen) atoms. The van der Waals surface area contributed by atoms with Crippen LogP contribution in [0.1, 0.15) is 6.92 Å². The van der Waals surface area contributed by atoms with Crippen LogP contribution in [0.4, 0.5) is 0 Å². The van der Waals surface area contributed by atoms with E-state index in [9.17, 15) is 9.59 Å². The molecule has 1 amide bonds. The van der Waals surface area contributed by atoms with Gasteiger partial charge in [0.05, 0.1) is 0 Å². The molecule has 0 saturated carbocycles. The van der Waals surface area contributed by atoms with E-state index in [1.807, 2.05) is 6.92 Å². The standard InChI is InChI=1S/C8H13N3O2/c1-3-9-7(12)6-11-5-4-10(2)8(11)13/h4-5H,3,6H2,1-2H3,(H,9,12). The van der Waals surface area contributed by atoms with Gasteiger partial charge in [-0.05, 0) is 6.92 Å². The molecule has 0 spiro atoms. The van der Waals surface area contributed by atoms with Crippen LogP contribution in [-0.2, 0) is 18.4 Å². The van der Waals surface area contributed by atoms with Crippen LogP contribution in [0, 0.1) is 0 Å². The van der Waals surface area contributed by atoms with Gasteiger partial charge in [-0.3, -0.25) is 9.36 Å². The van der Waals surface area contributed by atoms with Crippen molar-refractivity contribution < 1.29 is 4.79 Å². The second-order valence-electron chi connectivity index (χ2n) is 2.77. The summed E-state index contributed by atoms with van der Waals surface area (Å²) in [5.41, 5.74) is -0.175. The normalized spacial score (nSPS) is 10.0. The molecule has 0 aliphatic heterocycles. The van der Waals surface area contributed by atoms with E-state index >= 15 is 0 Å². The lowest BCUT2D eigenvalue weighted by molar-refractivity contribution is -0.121. The van der Waals surface area contributed by atoms with Crippen LogP contribution in [-0.4, -0.2) is 21.6 Å². The highest BCUT2D eigenvalue weighted by Gasteiger charge is 2.04. The van der Waals surface area contributed by atoms with Crippen LogP contribution in [0.2, 0.25) is 0 Å². The molecule has 0 radical (unpaired) electrons. The Bertz CT molecular complexity index is 351. The number of aromatic nitrogens is 2. The van der Waals surface area contributed by atoms with E-state index in [-0.39, 0.29) is 18.1 Å². The van der Waals surface area contributed by atoms with Gasteiger partial charge in [-0.25, -0.2) is 4.79 Å². The largest absolute Gasteiger partial charge is 0.355 e. The lowest BCUT2D eigenvalue weighted by Crippen LogP contribution is -2.32. The van der Waals surface area contributed by atoms with Gasteiger partial charge >= 0.3 is 5.69 Å². The molecule has 72 valence electrons. The molecular formula is C8H13N3O2. The predicted octanol–water partition coefficient (Wildman–Crippen LogP) is -0.677. The highest BCUT2D eigenvalue weighted by Crippen LogP contribution is 1.82. The third kappa shape index (κ3) is 2.21. The molecule has 5 nitrogen and oxygen atoms in total. The van der Waals surface area contributed by atoms with Gasteiger partial charge in [0.25, 0.3) is 0 Å². The van der Waals surface area contributed by atoms with Gasteiger partial charge in [0, 0.05) is 26.0 Å². The molecule has 1 heterocycles. The minimum Gasteiger partial charge on any atom is -0.355 e. The lowest BCUT2D eigenvalue weighted by atomic mass is 10.5. The fourth-order valence-electron chi connectivity index (χ4n) is 1.04. The first kappa shape index (κ1) is 9.57. The summed E-state index contributed by atoms with van der Waals surface area (Å²) in [5.74, 6) is -0.143. The Kier molecular flexibility index (Phi) is 2.89. The van der Waals surface area contributed by atoms with E-state index in [4.69, 9.17) is 0 Å². The van der Waals surface area contributed by atoms with E-state index in [1.54, 1.807) is 19.4 Å². The van der Waals surface area contributed by atoms with E-state index in [2.05, 4.69) is 5.32 Å². The molecule has 0 saturated heterocycles. The first-order chi connectivity index (χ1) is 6.15. The van der Waals surface area contributed by atoms with Gasteiger partial charge in [0.2, 0.25) is 5.91 Å². The Morgan fingerprint density at radius 3 is 2.69 bits per heavy atom. The van der Waals surface area contributed by atoms with Crippen LogP contribution in [0.3, 0.4) is 0 Å². The first-order valence-corrected chi connectivity index (χ1v) is 4.13. The van der Waals surface area contributed by atoms with Crippen LogP contribution in [0.15, 0.2) is 17.2 Å². The lowest BCUT2D eigenvalue weighted by Gasteiger charge is -2.01. The molecule has 1 N–H and O–H groups in total. The number of likely N-dealkylation sites (N-methyl/N-ethyl adjacent to an activating group) is 1. The number of carbonyl (C=O) groups excluding carboxylic acids is 1. The highest BCUT2D eigenvalue weighted by atomic mass is 16.2. The number of nitrogens with one attached hydrogen (secondary N) is 1. The zero-order chi connectivity index (χ0) is 9.84. The molecule has 0 atom stereocenters. The van der Waals surface area contributed by atoms with E-state index in [1.165, 1.54) is 9.13 Å². The summed E-state index contributed by atoms with van der Waals surface area (Å²) < 4.78 is 2.80. The van der Waals surface area contributed by atoms with Crippen molar-refractivity contribution in [1.82, 2.24) is 14.5 Å². The van der Waals surface area contributed by atoms with Crippen molar-refractivity contribution in [3.8, 4) is 0 Å². The van der Waals surface area contributed by atoms with Crippen molar-refractivity contribution >= 4 is 5.91 Å². The van der Waals surface area contributed by atoms with Gasteiger partial charge in [-0.1, -0.05) is 0 Å². The second kappa shape index (κ2) is 3.93. The smallest absolute Gasteiger partial charge is 0.328 e. The number of carbonyl (C=O) groups is 1. The molecule has 0 unspecified atom stereocenters. The summed E-state index contributed by atoms with van der Waals surface area (Å²) in [5, 5.41) is 2.62. The monoisotopic (exact) mass is 183 g/mol. The third-order valence-corrected chi connectivity index (χ3v) is 1.71. The van der Waals surface area contributed by atoms with Crippen LogP contribution in [0.25, 0.3) is 0 Å². The SMILES string of the molecule is CCNC(=O)Cn1ccn(C)c1=O. The molecule has 1 rings (SSSR count). The average molecular weight is 183 g/mol. The number of amides is 1. The molecule has 0 aromatic carbocycles. The number of rotatable bonds is 3. The average Bonchev–Trinajstić information content (AvgIpc) is 2.37. The second-order valence-corrected chi connectivity index (χ2v) is 2.77. The molecule has 0 aliphatic carbocycles. The molecule has 5 heteroatoms. The number of hydrogen-bond donors (Lipinski definition) is 1. The Labute approximate surface area is 76.0 Å². The van der Waals surface area contributed by atoms with E-state index in [0.717, 1.165) is 0 Å². The van der Waals surface area contributed by atoms with Crippen molar-refractivity contribution in [2.75, 3.05) is 6.54 Å². The number of imidazole rings is 1. The summed E-state index contributed by atoms with van der Waals surface area (Å²) in [4.78, 5) is 22.3. The third-order valence-electron chi connectivity index (χ3n) is 1.71. The summed E-state index contributed by atoms with van der Waals surface area (Å²) in [6, 6.07) is 0. The van der Waals surface area contributed by atoms with Crippen molar-refractivity contribution in [2.24, 2.45) is 7.05 Å². The molecule has 0 bridgehead atoms. The summed E-state index contributed by atoms with van der Waals surface area (Å²) in [6.45, 7) is 2.51. The Balaban J connectivity index is 2.69. The van der Waals surface area contributed by atoms with E-state index in [0.29, 0.717) is 6.54 Å². The fraction of sp³-hybridized carbons (Fsp3) is 0.500. The molecular weight excluding hydrogens is 170 g/mol. The molecule has 0 aliphatic rings. The van der Waals surface area contributed by atoms with Gasteiger partial charge in [-0.2, -0.15) is 0 Å². The highest BCUT2D eigenvalue weighted by molar-refractivity contribution is 5.75. The number of aryl methyl sites for hydroxylation is 1. The van der Waals surface area contributed by atoms with Crippen LogP contribution >= 0.6 is 0 Å². The molecule has 1 aromatic heterocycles. The summed E-state index contributed by atoms with van der Waals surface area (Å²) >= 11 is 0. The summed E-state index contributed by atoms with van der Waals surface area (Å²) in [6.07, 6.45) is 3.22. The van der Waals surface area contributed by atoms with Crippen LogP contribution < -0.4 is 11.0 Å². The maximum absolute atomic E-state index is 11.3. The first-order valence-electron chi connectivity index (χ1n) is 4.13. The topological polar surface area (TPSA) is 56.0 Å². The van der Waals surface area contributed by atoms with Crippen LogP contribution in [0.5, 0.6) is 0 Å².